The molecular weight excluding hydrogens is 364 g/mol. The van der Waals surface area contributed by atoms with Gasteiger partial charge in [0.1, 0.15) is 18.1 Å². The zero-order chi connectivity index (χ0) is 20.2. The Kier molecular flexibility index (Phi) is 5.00. The van der Waals surface area contributed by atoms with E-state index in [0.29, 0.717) is 24.5 Å². The summed E-state index contributed by atoms with van der Waals surface area (Å²) in [5.41, 5.74) is 3.48. The van der Waals surface area contributed by atoms with Gasteiger partial charge in [-0.15, -0.1) is 0 Å². The predicted molar refractivity (Wildman–Crippen MR) is 110 cm³/mol. The number of ether oxygens (including phenoxy) is 1. The number of fused-ring (bicyclic) bond motifs is 1. The van der Waals surface area contributed by atoms with E-state index >= 15 is 0 Å². The minimum Gasteiger partial charge on any atom is -0.489 e. The number of carbonyl (C=O) groups is 1. The fraction of sp³-hybridized carbons (Fsp3) is 0.0833. The van der Waals surface area contributed by atoms with E-state index in [2.05, 4.69) is 6.07 Å². The van der Waals surface area contributed by atoms with Gasteiger partial charge in [-0.2, -0.15) is 5.26 Å². The lowest BCUT2D eigenvalue weighted by atomic mass is 10.1. The van der Waals surface area contributed by atoms with E-state index in [0.717, 1.165) is 22.0 Å². The van der Waals surface area contributed by atoms with Crippen LogP contribution in [0, 0.1) is 11.3 Å². The molecule has 3 aromatic carbocycles. The number of nitrogens with zero attached hydrogens (tertiary/aromatic N) is 2. The lowest BCUT2D eigenvalue weighted by Gasteiger charge is -2.10. The van der Waals surface area contributed by atoms with Crippen molar-refractivity contribution in [1.82, 2.24) is 4.57 Å². The Balaban J connectivity index is 1.66. The third kappa shape index (κ3) is 3.97. The molecule has 142 valence electrons. The van der Waals surface area contributed by atoms with Crippen LogP contribution in [0.25, 0.3) is 10.9 Å². The molecule has 1 N–H and O–H groups in total. The second-order valence-corrected chi connectivity index (χ2v) is 6.73. The highest BCUT2D eigenvalue weighted by Crippen LogP contribution is 2.26. The first kappa shape index (κ1) is 18.3. The number of benzene rings is 3. The van der Waals surface area contributed by atoms with E-state index in [9.17, 15) is 9.90 Å². The number of carboxylic acid groups (broad SMARTS) is 1. The van der Waals surface area contributed by atoms with Crippen LogP contribution >= 0.6 is 0 Å². The van der Waals surface area contributed by atoms with Gasteiger partial charge in [-0.3, -0.25) is 0 Å². The molecule has 0 saturated carbocycles. The summed E-state index contributed by atoms with van der Waals surface area (Å²) in [4.78, 5) is 11.8. The molecule has 0 fully saturated rings. The summed E-state index contributed by atoms with van der Waals surface area (Å²) < 4.78 is 7.61. The standard InChI is InChI=1S/C24H18N2O3/c25-14-18-7-4-8-19(11-18)15-26-22-10-9-21(12-20(22)13-23(26)24(27)28)29-16-17-5-2-1-3-6-17/h1-13H,15-16H2,(H,27,28). The monoisotopic (exact) mass is 382 g/mol. The molecule has 0 aliphatic rings. The molecule has 4 aromatic rings. The largest absolute Gasteiger partial charge is 0.489 e. The van der Waals surface area contributed by atoms with Crippen molar-refractivity contribution in [3.8, 4) is 11.8 Å². The fourth-order valence-corrected chi connectivity index (χ4v) is 3.35. The number of hydrogen-bond acceptors (Lipinski definition) is 3. The molecule has 0 aliphatic heterocycles. The molecule has 0 unspecified atom stereocenters. The van der Waals surface area contributed by atoms with Crippen LogP contribution in [-0.4, -0.2) is 15.6 Å². The van der Waals surface area contributed by atoms with Crippen LogP contribution < -0.4 is 4.74 Å². The Labute approximate surface area is 168 Å². The Morgan fingerprint density at radius 3 is 2.52 bits per heavy atom. The van der Waals surface area contributed by atoms with Gasteiger partial charge in [0.15, 0.2) is 0 Å². The third-order valence-corrected chi connectivity index (χ3v) is 4.74. The Morgan fingerprint density at radius 1 is 0.966 bits per heavy atom. The maximum Gasteiger partial charge on any atom is 0.352 e. The highest BCUT2D eigenvalue weighted by molar-refractivity contribution is 5.95. The molecule has 0 aliphatic carbocycles. The van der Waals surface area contributed by atoms with Crippen LogP contribution in [0.15, 0.2) is 78.9 Å². The number of rotatable bonds is 6. The zero-order valence-corrected chi connectivity index (χ0v) is 15.6. The molecule has 1 aromatic heterocycles. The van der Waals surface area contributed by atoms with Gasteiger partial charge >= 0.3 is 5.97 Å². The first-order chi connectivity index (χ1) is 14.1. The van der Waals surface area contributed by atoms with Crippen LogP contribution in [0.5, 0.6) is 5.75 Å². The van der Waals surface area contributed by atoms with Crippen molar-refractivity contribution in [3.05, 3.63) is 101 Å². The van der Waals surface area contributed by atoms with Crippen molar-refractivity contribution in [2.45, 2.75) is 13.2 Å². The van der Waals surface area contributed by atoms with Crippen molar-refractivity contribution in [3.63, 3.8) is 0 Å². The molecule has 1 heterocycles. The molecule has 0 bridgehead atoms. The number of hydrogen-bond donors (Lipinski definition) is 1. The molecule has 4 rings (SSSR count). The summed E-state index contributed by atoms with van der Waals surface area (Å²) >= 11 is 0. The van der Waals surface area contributed by atoms with Crippen molar-refractivity contribution >= 4 is 16.9 Å². The van der Waals surface area contributed by atoms with Crippen LogP contribution in [0.1, 0.15) is 27.2 Å². The second-order valence-electron chi connectivity index (χ2n) is 6.73. The quantitative estimate of drug-likeness (QED) is 0.518. The summed E-state index contributed by atoms with van der Waals surface area (Å²) in [6.45, 7) is 0.810. The minimum absolute atomic E-state index is 0.197. The Morgan fingerprint density at radius 2 is 1.76 bits per heavy atom. The highest BCUT2D eigenvalue weighted by Gasteiger charge is 2.16. The smallest absolute Gasteiger partial charge is 0.352 e. The molecule has 0 atom stereocenters. The van der Waals surface area contributed by atoms with Gasteiger partial charge < -0.3 is 14.4 Å². The van der Waals surface area contributed by atoms with Crippen molar-refractivity contribution < 1.29 is 14.6 Å². The highest BCUT2D eigenvalue weighted by atomic mass is 16.5. The van der Waals surface area contributed by atoms with Crippen molar-refractivity contribution in [2.24, 2.45) is 0 Å². The number of aromatic nitrogens is 1. The second kappa shape index (κ2) is 7.91. The summed E-state index contributed by atoms with van der Waals surface area (Å²) in [5.74, 6) is -0.314. The van der Waals surface area contributed by atoms with E-state index in [4.69, 9.17) is 10.00 Å². The molecule has 5 nitrogen and oxygen atoms in total. The zero-order valence-electron chi connectivity index (χ0n) is 15.6. The molecule has 0 radical (unpaired) electrons. The van der Waals surface area contributed by atoms with Gasteiger partial charge in [-0.1, -0.05) is 42.5 Å². The van der Waals surface area contributed by atoms with E-state index in [1.807, 2.05) is 54.6 Å². The molecule has 0 spiro atoms. The summed E-state index contributed by atoms with van der Waals surface area (Å²) in [5, 5.41) is 19.6. The van der Waals surface area contributed by atoms with Crippen molar-refractivity contribution in [2.75, 3.05) is 0 Å². The van der Waals surface area contributed by atoms with E-state index < -0.39 is 5.97 Å². The van der Waals surface area contributed by atoms with E-state index in [1.54, 1.807) is 28.8 Å². The summed E-state index contributed by atoms with van der Waals surface area (Å²) in [7, 11) is 0. The average Bonchev–Trinajstić information content (AvgIpc) is 3.11. The number of aromatic carboxylic acids is 1. The fourth-order valence-electron chi connectivity index (χ4n) is 3.35. The van der Waals surface area contributed by atoms with Gasteiger partial charge in [-0.05, 0) is 47.5 Å². The normalized spacial score (nSPS) is 10.6. The van der Waals surface area contributed by atoms with Crippen LogP contribution in [0.3, 0.4) is 0 Å². The van der Waals surface area contributed by atoms with Crippen molar-refractivity contribution in [1.29, 1.82) is 5.26 Å². The lowest BCUT2D eigenvalue weighted by Crippen LogP contribution is -2.09. The Hall–Kier alpha value is -4.04. The van der Waals surface area contributed by atoms with Gasteiger partial charge in [0.25, 0.3) is 0 Å². The van der Waals surface area contributed by atoms with Gasteiger partial charge in [-0.25, -0.2) is 4.79 Å². The summed E-state index contributed by atoms with van der Waals surface area (Å²) in [6.07, 6.45) is 0. The topological polar surface area (TPSA) is 75.2 Å². The summed E-state index contributed by atoms with van der Waals surface area (Å²) in [6, 6.07) is 26.4. The maximum atomic E-state index is 11.8. The number of carboxylic acids is 1. The Bertz CT molecular complexity index is 1220. The predicted octanol–water partition coefficient (Wildman–Crippen LogP) is 4.84. The SMILES string of the molecule is N#Cc1cccc(Cn2c(C(=O)O)cc3cc(OCc4ccccc4)ccc32)c1. The van der Waals surface area contributed by atoms with Gasteiger partial charge in [0.2, 0.25) is 0 Å². The van der Waals surface area contributed by atoms with Gasteiger partial charge in [0, 0.05) is 17.4 Å². The van der Waals surface area contributed by atoms with Crippen LogP contribution in [0.4, 0.5) is 0 Å². The molecule has 0 saturated heterocycles. The molecule has 29 heavy (non-hydrogen) atoms. The lowest BCUT2D eigenvalue weighted by molar-refractivity contribution is 0.0686. The maximum absolute atomic E-state index is 11.8. The van der Waals surface area contributed by atoms with Crippen LogP contribution in [-0.2, 0) is 13.2 Å². The molecule has 0 amide bonds. The van der Waals surface area contributed by atoms with Crippen LogP contribution in [0.2, 0.25) is 0 Å². The first-order valence-corrected chi connectivity index (χ1v) is 9.16. The third-order valence-electron chi connectivity index (χ3n) is 4.74. The van der Waals surface area contributed by atoms with E-state index in [-0.39, 0.29) is 5.69 Å². The molecular formula is C24H18N2O3. The minimum atomic E-state index is -0.996. The average molecular weight is 382 g/mol. The first-order valence-electron chi connectivity index (χ1n) is 9.16. The molecule has 5 heteroatoms. The van der Waals surface area contributed by atoms with E-state index in [1.165, 1.54) is 0 Å². The number of nitriles is 1. The van der Waals surface area contributed by atoms with Gasteiger partial charge in [0.05, 0.1) is 11.6 Å².